The maximum Gasteiger partial charge on any atom is 0.305 e. The van der Waals surface area contributed by atoms with Crippen LogP contribution in [0.4, 0.5) is 5.69 Å². The van der Waals surface area contributed by atoms with Gasteiger partial charge in [-0.15, -0.1) is 0 Å². The molecule has 2 aromatic rings. The molecule has 1 atom stereocenters. The first kappa shape index (κ1) is 19.3. The van der Waals surface area contributed by atoms with Gasteiger partial charge in [-0.1, -0.05) is 37.3 Å². The summed E-state index contributed by atoms with van der Waals surface area (Å²) in [7, 11) is 0. The van der Waals surface area contributed by atoms with Crippen LogP contribution in [-0.2, 0) is 9.59 Å². The zero-order chi connectivity index (χ0) is 20.3. The van der Waals surface area contributed by atoms with E-state index < -0.39 is 17.8 Å². The molecule has 1 heterocycles. The zero-order valence-electron chi connectivity index (χ0n) is 15.3. The third-order valence-electron chi connectivity index (χ3n) is 4.71. The molecule has 3 rings (SSSR count). The second-order valence-electron chi connectivity index (χ2n) is 6.53. The van der Waals surface area contributed by atoms with Crippen LogP contribution in [0.15, 0.2) is 48.5 Å². The number of carbonyl (C=O) groups excluding carboxylic acids is 3. The highest BCUT2D eigenvalue weighted by Crippen LogP contribution is 2.27. The van der Waals surface area contributed by atoms with E-state index >= 15 is 0 Å². The molecule has 28 heavy (non-hydrogen) atoms. The molecule has 0 radical (unpaired) electrons. The maximum absolute atomic E-state index is 12.7. The number of carbonyl (C=O) groups is 4. The third kappa shape index (κ3) is 3.78. The Labute approximate surface area is 162 Å². The van der Waals surface area contributed by atoms with Gasteiger partial charge < -0.3 is 10.4 Å². The van der Waals surface area contributed by atoms with Crippen LogP contribution in [0.25, 0.3) is 0 Å². The lowest BCUT2D eigenvalue weighted by molar-refractivity contribution is -0.137. The van der Waals surface area contributed by atoms with Gasteiger partial charge >= 0.3 is 5.97 Å². The van der Waals surface area contributed by atoms with E-state index in [4.69, 9.17) is 5.11 Å². The van der Waals surface area contributed by atoms with Gasteiger partial charge in [0, 0.05) is 12.2 Å². The fourth-order valence-electron chi connectivity index (χ4n) is 3.27. The Bertz CT molecular complexity index is 939. The molecule has 0 saturated heterocycles. The van der Waals surface area contributed by atoms with Crippen molar-refractivity contribution in [3.8, 4) is 0 Å². The lowest BCUT2D eigenvalue weighted by Crippen LogP contribution is -2.31. The largest absolute Gasteiger partial charge is 0.481 e. The number of amides is 3. The van der Waals surface area contributed by atoms with Crippen LogP contribution in [0.1, 0.15) is 52.0 Å². The van der Waals surface area contributed by atoms with Gasteiger partial charge in [-0.05, 0) is 30.2 Å². The number of imide groups is 1. The highest BCUT2D eigenvalue weighted by atomic mass is 16.4. The van der Waals surface area contributed by atoms with Gasteiger partial charge in [-0.25, -0.2) is 0 Å². The van der Waals surface area contributed by atoms with Crippen LogP contribution in [-0.4, -0.2) is 40.2 Å². The zero-order valence-corrected chi connectivity index (χ0v) is 15.3. The molecule has 7 heteroatoms. The summed E-state index contributed by atoms with van der Waals surface area (Å²) < 4.78 is 0. The summed E-state index contributed by atoms with van der Waals surface area (Å²) in [6, 6.07) is 13.9. The minimum absolute atomic E-state index is 0.168. The van der Waals surface area contributed by atoms with E-state index in [2.05, 4.69) is 5.32 Å². The average Bonchev–Trinajstić information content (AvgIpc) is 2.91. The number of hydrogen-bond donors (Lipinski definition) is 2. The SMILES string of the molecule is CC[C@@H](C(=O)Nc1ccc2c(c1)C(=O)N(CCC(=O)O)C2=O)c1ccccc1. The molecule has 1 aliphatic heterocycles. The Morgan fingerprint density at radius 3 is 2.36 bits per heavy atom. The standard InChI is InChI=1S/C21H20N2O5/c1-2-15(13-6-4-3-5-7-13)19(26)22-14-8-9-16-17(12-14)21(28)23(20(16)27)11-10-18(24)25/h3-9,12,15H,2,10-11H2,1H3,(H,22,26)(H,24,25)/t15-/m1/s1. The second-order valence-corrected chi connectivity index (χ2v) is 6.53. The van der Waals surface area contributed by atoms with Gasteiger partial charge in [0.15, 0.2) is 0 Å². The Morgan fingerprint density at radius 1 is 1.04 bits per heavy atom. The fourth-order valence-corrected chi connectivity index (χ4v) is 3.27. The second kappa shape index (κ2) is 8.04. The van der Waals surface area contributed by atoms with Crippen molar-refractivity contribution in [2.75, 3.05) is 11.9 Å². The predicted octanol–water partition coefficient (Wildman–Crippen LogP) is 2.89. The number of carboxylic acid groups (broad SMARTS) is 1. The van der Waals surface area contributed by atoms with Crippen molar-refractivity contribution in [3.63, 3.8) is 0 Å². The van der Waals surface area contributed by atoms with Crippen molar-refractivity contribution in [2.45, 2.75) is 25.7 Å². The molecular weight excluding hydrogens is 360 g/mol. The van der Waals surface area contributed by atoms with E-state index in [1.54, 1.807) is 6.07 Å². The molecule has 2 aromatic carbocycles. The number of benzene rings is 2. The highest BCUT2D eigenvalue weighted by molar-refractivity contribution is 6.22. The van der Waals surface area contributed by atoms with Crippen LogP contribution in [0.3, 0.4) is 0 Å². The van der Waals surface area contributed by atoms with Gasteiger partial charge in [-0.2, -0.15) is 0 Å². The number of aliphatic carboxylic acids is 1. The van der Waals surface area contributed by atoms with Crippen molar-refractivity contribution < 1.29 is 24.3 Å². The summed E-state index contributed by atoms with van der Waals surface area (Å²) in [5.74, 6) is -2.69. The van der Waals surface area contributed by atoms with Crippen LogP contribution < -0.4 is 5.32 Å². The molecule has 0 fully saturated rings. The Morgan fingerprint density at radius 2 is 1.71 bits per heavy atom. The summed E-state index contributed by atoms with van der Waals surface area (Å²) in [5, 5.41) is 11.6. The van der Waals surface area contributed by atoms with Crippen LogP contribution in [0, 0.1) is 0 Å². The van der Waals surface area contributed by atoms with Crippen LogP contribution in [0.2, 0.25) is 0 Å². The molecule has 0 aliphatic carbocycles. The quantitative estimate of drug-likeness (QED) is 0.719. The smallest absolute Gasteiger partial charge is 0.305 e. The normalized spacial score (nSPS) is 14.0. The summed E-state index contributed by atoms with van der Waals surface area (Å²) in [5.41, 5.74) is 1.69. The number of nitrogens with zero attached hydrogens (tertiary/aromatic N) is 1. The summed E-state index contributed by atoms with van der Waals surface area (Å²) >= 11 is 0. The van der Waals surface area contributed by atoms with Crippen molar-refractivity contribution >= 4 is 29.4 Å². The number of nitrogens with one attached hydrogen (secondary N) is 1. The molecule has 0 saturated carbocycles. The van der Waals surface area contributed by atoms with E-state index in [9.17, 15) is 19.2 Å². The molecule has 2 N–H and O–H groups in total. The van der Waals surface area contributed by atoms with E-state index in [1.165, 1.54) is 12.1 Å². The van der Waals surface area contributed by atoms with E-state index in [0.717, 1.165) is 10.5 Å². The van der Waals surface area contributed by atoms with Gasteiger partial charge in [-0.3, -0.25) is 24.1 Å². The number of hydrogen-bond acceptors (Lipinski definition) is 4. The van der Waals surface area contributed by atoms with E-state index in [-0.39, 0.29) is 35.9 Å². The first-order chi connectivity index (χ1) is 13.4. The first-order valence-corrected chi connectivity index (χ1v) is 9.00. The molecule has 1 aliphatic rings. The Kier molecular flexibility index (Phi) is 5.54. The molecular formula is C21H20N2O5. The lowest BCUT2D eigenvalue weighted by atomic mass is 9.95. The Hall–Kier alpha value is -3.48. The molecule has 0 bridgehead atoms. The number of fused-ring (bicyclic) bond motifs is 1. The molecule has 0 unspecified atom stereocenters. The van der Waals surface area contributed by atoms with Crippen molar-refractivity contribution in [1.29, 1.82) is 0 Å². The summed E-state index contributed by atoms with van der Waals surface area (Å²) in [6.07, 6.45) is 0.297. The molecule has 0 aromatic heterocycles. The van der Waals surface area contributed by atoms with E-state index in [1.807, 2.05) is 37.3 Å². The van der Waals surface area contributed by atoms with Gasteiger partial charge in [0.2, 0.25) is 5.91 Å². The minimum Gasteiger partial charge on any atom is -0.481 e. The maximum atomic E-state index is 12.7. The molecule has 0 spiro atoms. The highest BCUT2D eigenvalue weighted by Gasteiger charge is 2.35. The minimum atomic E-state index is -1.09. The third-order valence-corrected chi connectivity index (χ3v) is 4.71. The molecule has 3 amide bonds. The predicted molar refractivity (Wildman–Crippen MR) is 102 cm³/mol. The van der Waals surface area contributed by atoms with Crippen LogP contribution in [0.5, 0.6) is 0 Å². The summed E-state index contributed by atoms with van der Waals surface area (Å²) in [6.45, 7) is 1.73. The average molecular weight is 380 g/mol. The van der Waals surface area contributed by atoms with Gasteiger partial charge in [0.05, 0.1) is 23.5 Å². The van der Waals surface area contributed by atoms with E-state index in [0.29, 0.717) is 12.1 Å². The number of rotatable bonds is 7. The fraction of sp³-hybridized carbons (Fsp3) is 0.238. The van der Waals surface area contributed by atoms with Gasteiger partial charge in [0.1, 0.15) is 0 Å². The Balaban J connectivity index is 1.78. The monoisotopic (exact) mass is 380 g/mol. The number of carboxylic acids is 1. The molecule has 144 valence electrons. The first-order valence-electron chi connectivity index (χ1n) is 9.00. The lowest BCUT2D eigenvalue weighted by Gasteiger charge is -2.15. The van der Waals surface area contributed by atoms with Gasteiger partial charge in [0.25, 0.3) is 11.8 Å². The van der Waals surface area contributed by atoms with Crippen molar-refractivity contribution in [3.05, 3.63) is 65.2 Å². The summed E-state index contributed by atoms with van der Waals surface area (Å²) in [4.78, 5) is 49.1. The topological polar surface area (TPSA) is 104 Å². The molecule has 7 nitrogen and oxygen atoms in total. The van der Waals surface area contributed by atoms with Crippen LogP contribution >= 0.6 is 0 Å². The van der Waals surface area contributed by atoms with Crippen molar-refractivity contribution in [2.24, 2.45) is 0 Å². The number of anilines is 1. The van der Waals surface area contributed by atoms with Crippen molar-refractivity contribution in [1.82, 2.24) is 4.90 Å².